The number of halogens is 3. The van der Waals surface area contributed by atoms with Gasteiger partial charge < -0.3 is 14.2 Å². The molecule has 3 fully saturated rings. The van der Waals surface area contributed by atoms with Crippen LogP contribution in [0.25, 0.3) is 11.3 Å². The molecular formula is C27H24Cl2FN3O2. The summed E-state index contributed by atoms with van der Waals surface area (Å²) in [5.41, 5.74) is 3.21. The third kappa shape index (κ3) is 4.20. The van der Waals surface area contributed by atoms with Crippen LogP contribution < -0.4 is 4.90 Å². The van der Waals surface area contributed by atoms with E-state index in [0.29, 0.717) is 33.8 Å². The van der Waals surface area contributed by atoms with Gasteiger partial charge in [-0.05, 0) is 68.9 Å². The van der Waals surface area contributed by atoms with Gasteiger partial charge in [-0.2, -0.15) is 5.26 Å². The predicted molar refractivity (Wildman–Crippen MR) is 132 cm³/mol. The summed E-state index contributed by atoms with van der Waals surface area (Å²) in [4.78, 5) is 2.31. The third-order valence-electron chi connectivity index (χ3n) is 7.49. The summed E-state index contributed by atoms with van der Waals surface area (Å²) in [6.45, 7) is 0.391. The molecule has 3 aromatic rings. The van der Waals surface area contributed by atoms with Crippen LogP contribution in [0.1, 0.15) is 61.3 Å². The van der Waals surface area contributed by atoms with Gasteiger partial charge in [-0.15, -0.1) is 0 Å². The summed E-state index contributed by atoms with van der Waals surface area (Å²) < 4.78 is 26.5. The molecule has 3 aliphatic rings. The molecule has 5 nitrogen and oxygen atoms in total. The lowest BCUT2D eigenvalue weighted by Crippen LogP contribution is -2.45. The maximum Gasteiger partial charge on any atom is 0.145 e. The second-order valence-electron chi connectivity index (χ2n) is 9.72. The maximum absolute atomic E-state index is 14.3. The number of anilines is 1. The van der Waals surface area contributed by atoms with E-state index in [0.717, 1.165) is 55.5 Å². The van der Waals surface area contributed by atoms with E-state index in [4.69, 9.17) is 37.7 Å². The molecule has 3 heterocycles. The van der Waals surface area contributed by atoms with Gasteiger partial charge in [-0.1, -0.05) is 34.4 Å². The fourth-order valence-corrected chi connectivity index (χ4v) is 6.27. The summed E-state index contributed by atoms with van der Waals surface area (Å²) in [5.74, 6) is 0.790. The van der Waals surface area contributed by atoms with Gasteiger partial charge in [0.1, 0.15) is 23.3 Å². The van der Waals surface area contributed by atoms with E-state index in [1.54, 1.807) is 18.2 Å². The molecular weight excluding hydrogens is 488 g/mol. The number of aromatic nitrogens is 1. The molecule has 2 saturated heterocycles. The Bertz CT molecular complexity index is 1280. The van der Waals surface area contributed by atoms with Crippen molar-refractivity contribution < 1.29 is 13.7 Å². The molecule has 35 heavy (non-hydrogen) atoms. The Morgan fingerprint density at radius 1 is 1.09 bits per heavy atom. The number of ether oxygens (including phenoxy) is 1. The zero-order chi connectivity index (χ0) is 24.1. The fourth-order valence-electron chi connectivity index (χ4n) is 5.69. The van der Waals surface area contributed by atoms with Gasteiger partial charge >= 0.3 is 0 Å². The highest BCUT2D eigenvalue weighted by molar-refractivity contribution is 6.39. The normalized spacial score (nSPS) is 23.5. The van der Waals surface area contributed by atoms with Crippen LogP contribution >= 0.6 is 23.2 Å². The monoisotopic (exact) mass is 511 g/mol. The predicted octanol–water partition coefficient (Wildman–Crippen LogP) is 7.25. The van der Waals surface area contributed by atoms with Crippen LogP contribution in [0.2, 0.25) is 10.0 Å². The van der Waals surface area contributed by atoms with Gasteiger partial charge in [0, 0.05) is 34.8 Å². The molecule has 2 atom stereocenters. The van der Waals surface area contributed by atoms with Gasteiger partial charge in [-0.3, -0.25) is 0 Å². The largest absolute Gasteiger partial charge is 0.373 e. The van der Waals surface area contributed by atoms with E-state index in [2.05, 4.69) is 10.1 Å². The standard InChI is InChI=1S/C27H24Cl2FN3O2/c28-22-2-1-3-23(29)25(22)26-21(27(35-32-26)15-4-5-15)14-34-20-10-17-8-9-18(11-20)33(17)19-7-6-16(13-31)24(30)12-19/h1-3,6-7,12,15,17-18,20H,4-5,8-11,14H2. The number of hydrogen-bond donors (Lipinski definition) is 0. The van der Waals surface area contributed by atoms with E-state index < -0.39 is 5.82 Å². The van der Waals surface area contributed by atoms with Crippen molar-refractivity contribution in [3.05, 3.63) is 69.1 Å². The van der Waals surface area contributed by atoms with Crippen molar-refractivity contribution >= 4 is 28.9 Å². The van der Waals surface area contributed by atoms with Crippen LogP contribution in [0.15, 0.2) is 40.9 Å². The van der Waals surface area contributed by atoms with Crippen LogP contribution in [0.5, 0.6) is 0 Å². The minimum absolute atomic E-state index is 0.0777. The number of nitriles is 1. The van der Waals surface area contributed by atoms with E-state index >= 15 is 0 Å². The highest BCUT2D eigenvalue weighted by Gasteiger charge is 2.42. The highest BCUT2D eigenvalue weighted by atomic mass is 35.5. The van der Waals surface area contributed by atoms with Crippen molar-refractivity contribution in [2.45, 2.75) is 69.2 Å². The maximum atomic E-state index is 14.3. The summed E-state index contributed by atoms with van der Waals surface area (Å²) >= 11 is 13.0. The van der Waals surface area contributed by atoms with Crippen molar-refractivity contribution in [2.75, 3.05) is 4.90 Å². The summed E-state index contributed by atoms with van der Waals surface area (Å²) in [7, 11) is 0. The van der Waals surface area contributed by atoms with E-state index in [9.17, 15) is 4.39 Å². The van der Waals surface area contributed by atoms with Crippen LogP contribution in [-0.4, -0.2) is 23.3 Å². The molecule has 0 N–H and O–H groups in total. The van der Waals surface area contributed by atoms with Crippen molar-refractivity contribution in [3.8, 4) is 17.3 Å². The second-order valence-corrected chi connectivity index (χ2v) is 10.5. The molecule has 1 aromatic heterocycles. The van der Waals surface area contributed by atoms with Crippen LogP contribution in [0, 0.1) is 17.1 Å². The summed E-state index contributed by atoms with van der Waals surface area (Å²) in [5, 5.41) is 14.5. The average Bonchev–Trinajstić information content (AvgIpc) is 3.55. The van der Waals surface area contributed by atoms with E-state index in [1.807, 2.05) is 18.2 Å². The Kier molecular flexibility index (Phi) is 5.96. The molecule has 6 rings (SSSR count). The zero-order valence-corrected chi connectivity index (χ0v) is 20.5. The first kappa shape index (κ1) is 22.8. The van der Waals surface area contributed by atoms with Crippen molar-refractivity contribution in [1.29, 1.82) is 5.26 Å². The van der Waals surface area contributed by atoms with Gasteiger partial charge in [0.2, 0.25) is 0 Å². The second kappa shape index (κ2) is 9.13. The Morgan fingerprint density at radius 3 is 2.43 bits per heavy atom. The molecule has 2 bridgehead atoms. The average molecular weight is 512 g/mol. The lowest BCUT2D eigenvalue weighted by molar-refractivity contribution is 0.0147. The molecule has 2 aromatic carbocycles. The van der Waals surface area contributed by atoms with Gasteiger partial charge in [-0.25, -0.2) is 4.39 Å². The summed E-state index contributed by atoms with van der Waals surface area (Å²) in [6, 6.07) is 12.8. The highest BCUT2D eigenvalue weighted by Crippen LogP contribution is 2.47. The minimum atomic E-state index is -0.464. The third-order valence-corrected chi connectivity index (χ3v) is 8.12. The Balaban J connectivity index is 1.21. The molecule has 1 saturated carbocycles. The smallest absolute Gasteiger partial charge is 0.145 e. The molecule has 1 aliphatic carbocycles. The molecule has 180 valence electrons. The first-order chi connectivity index (χ1) is 17.0. The molecule has 0 amide bonds. The number of benzene rings is 2. The number of hydrogen-bond acceptors (Lipinski definition) is 5. The van der Waals surface area contributed by atoms with Crippen molar-refractivity contribution in [3.63, 3.8) is 0 Å². The molecule has 2 unspecified atom stereocenters. The summed E-state index contributed by atoms with van der Waals surface area (Å²) in [6.07, 6.45) is 6.08. The zero-order valence-electron chi connectivity index (χ0n) is 19.0. The quantitative estimate of drug-likeness (QED) is 0.348. The van der Waals surface area contributed by atoms with Gasteiger partial charge in [0.15, 0.2) is 0 Å². The number of rotatable bonds is 6. The van der Waals surface area contributed by atoms with Gasteiger partial charge in [0.25, 0.3) is 0 Å². The van der Waals surface area contributed by atoms with Crippen LogP contribution in [0.3, 0.4) is 0 Å². The van der Waals surface area contributed by atoms with Gasteiger partial charge in [0.05, 0.1) is 28.3 Å². The van der Waals surface area contributed by atoms with Crippen molar-refractivity contribution in [2.24, 2.45) is 0 Å². The Labute approximate surface area is 213 Å². The van der Waals surface area contributed by atoms with Crippen LogP contribution in [0.4, 0.5) is 10.1 Å². The minimum Gasteiger partial charge on any atom is -0.373 e. The number of piperidine rings is 1. The van der Waals surface area contributed by atoms with E-state index in [1.165, 1.54) is 6.07 Å². The Hall–Kier alpha value is -2.59. The number of fused-ring (bicyclic) bond motifs is 2. The first-order valence-corrected chi connectivity index (χ1v) is 12.8. The SMILES string of the molecule is N#Cc1ccc(N2C3CCC2CC(OCc2c(-c4c(Cl)cccc4Cl)noc2C2CC2)C3)cc1F. The van der Waals surface area contributed by atoms with Crippen molar-refractivity contribution in [1.82, 2.24) is 5.16 Å². The number of nitrogens with zero attached hydrogens (tertiary/aromatic N) is 3. The molecule has 8 heteroatoms. The topological polar surface area (TPSA) is 62.3 Å². The molecule has 0 spiro atoms. The lowest BCUT2D eigenvalue weighted by atomic mass is 9.98. The lowest BCUT2D eigenvalue weighted by Gasteiger charge is -2.40. The van der Waals surface area contributed by atoms with E-state index in [-0.39, 0.29) is 23.8 Å². The molecule has 0 radical (unpaired) electrons. The van der Waals surface area contributed by atoms with Crippen LogP contribution in [-0.2, 0) is 11.3 Å². The molecule has 2 aliphatic heterocycles. The fraction of sp³-hybridized carbons (Fsp3) is 0.407. The Morgan fingerprint density at radius 2 is 1.80 bits per heavy atom. The first-order valence-electron chi connectivity index (χ1n) is 12.1.